The van der Waals surface area contributed by atoms with Crippen LogP contribution in [0.3, 0.4) is 0 Å². The predicted octanol–water partition coefficient (Wildman–Crippen LogP) is 0.958. The van der Waals surface area contributed by atoms with Crippen molar-refractivity contribution in [2.75, 3.05) is 39.0 Å². The van der Waals surface area contributed by atoms with Crippen molar-refractivity contribution in [2.45, 2.75) is 11.3 Å². The Morgan fingerprint density at radius 3 is 2.74 bits per heavy atom. The van der Waals surface area contributed by atoms with Crippen molar-refractivity contribution in [2.24, 2.45) is 5.92 Å². The largest absolute Gasteiger partial charge is 0.387 e. The lowest BCUT2D eigenvalue weighted by molar-refractivity contribution is 0.394. The average Bonchev–Trinajstić information content (AvgIpc) is 2.82. The Balaban J connectivity index is 2.06. The molecule has 2 rings (SSSR count). The van der Waals surface area contributed by atoms with Crippen molar-refractivity contribution in [1.82, 2.24) is 9.62 Å². The molecule has 2 N–H and O–H groups in total. The second-order valence-corrected chi connectivity index (χ2v) is 6.75. The van der Waals surface area contributed by atoms with Crippen LogP contribution in [-0.4, -0.2) is 47.0 Å². The van der Waals surface area contributed by atoms with Crippen LogP contribution >= 0.6 is 0 Å². The van der Waals surface area contributed by atoms with Gasteiger partial charge in [0.1, 0.15) is 4.90 Å². The second-order valence-electron chi connectivity index (χ2n) is 5.02. The fraction of sp³-hybridized carbons (Fsp3) is 0.538. The number of sulfonamides is 1. The highest BCUT2D eigenvalue weighted by atomic mass is 32.2. The number of benzene rings is 1. The van der Waals surface area contributed by atoms with Gasteiger partial charge in [0.2, 0.25) is 10.0 Å². The Labute approximate surface area is 115 Å². The predicted molar refractivity (Wildman–Crippen MR) is 76.8 cm³/mol. The number of para-hydroxylation sites is 1. The van der Waals surface area contributed by atoms with E-state index >= 15 is 0 Å². The number of nitrogens with zero attached hydrogens (tertiary/aromatic N) is 1. The summed E-state index contributed by atoms with van der Waals surface area (Å²) in [5.74, 6) is 0.404. The third-order valence-corrected chi connectivity index (χ3v) is 4.98. The first-order valence-electron chi connectivity index (χ1n) is 6.48. The minimum absolute atomic E-state index is 0.309. The third kappa shape index (κ3) is 3.46. The van der Waals surface area contributed by atoms with Crippen LogP contribution in [0.15, 0.2) is 29.2 Å². The van der Waals surface area contributed by atoms with Crippen molar-refractivity contribution < 1.29 is 8.42 Å². The van der Waals surface area contributed by atoms with Crippen LogP contribution in [0.5, 0.6) is 0 Å². The van der Waals surface area contributed by atoms with E-state index < -0.39 is 10.0 Å². The van der Waals surface area contributed by atoms with Crippen LogP contribution in [0.4, 0.5) is 5.69 Å². The van der Waals surface area contributed by atoms with Crippen LogP contribution in [0.1, 0.15) is 6.42 Å². The highest BCUT2D eigenvalue weighted by Gasteiger charge is 2.23. The number of nitrogens with one attached hydrogen (secondary N) is 2. The molecule has 1 aromatic carbocycles. The molecule has 1 saturated heterocycles. The highest BCUT2D eigenvalue weighted by Crippen LogP contribution is 2.20. The second kappa shape index (κ2) is 5.90. The van der Waals surface area contributed by atoms with E-state index in [2.05, 4.69) is 22.0 Å². The molecule has 1 aromatic rings. The van der Waals surface area contributed by atoms with Crippen molar-refractivity contribution in [1.29, 1.82) is 0 Å². The van der Waals surface area contributed by atoms with Gasteiger partial charge in [0.15, 0.2) is 0 Å². The Hall–Kier alpha value is -1.11. The lowest BCUT2D eigenvalue weighted by atomic mass is 10.1. The normalized spacial score (nSPS) is 20.6. The molecule has 5 nitrogen and oxygen atoms in total. The van der Waals surface area contributed by atoms with Crippen LogP contribution < -0.4 is 10.0 Å². The summed E-state index contributed by atoms with van der Waals surface area (Å²) >= 11 is 0. The van der Waals surface area contributed by atoms with Gasteiger partial charge in [-0.25, -0.2) is 13.1 Å². The van der Waals surface area contributed by atoms with Crippen LogP contribution in [0.2, 0.25) is 0 Å². The molecule has 6 heteroatoms. The van der Waals surface area contributed by atoms with Gasteiger partial charge in [0.25, 0.3) is 0 Å². The number of anilines is 1. The van der Waals surface area contributed by atoms with Gasteiger partial charge in [0.05, 0.1) is 5.69 Å². The standard InChI is InChI=1S/C13H21N3O2S/c1-14-12-5-3-4-6-13(12)19(17,18)15-9-11-7-8-16(2)10-11/h3-6,11,14-15H,7-10H2,1-2H3. The summed E-state index contributed by atoms with van der Waals surface area (Å²) in [5.41, 5.74) is 0.624. The molecule has 1 atom stereocenters. The number of rotatable bonds is 5. The van der Waals surface area contributed by atoms with Crippen LogP contribution in [0, 0.1) is 5.92 Å². The summed E-state index contributed by atoms with van der Waals surface area (Å²) in [4.78, 5) is 2.53. The Kier molecular flexibility index (Phi) is 4.44. The maximum absolute atomic E-state index is 12.3. The van der Waals surface area contributed by atoms with Crippen molar-refractivity contribution in [3.8, 4) is 0 Å². The topological polar surface area (TPSA) is 61.4 Å². The molecule has 1 fully saturated rings. The molecule has 1 aliphatic heterocycles. The molecular formula is C13H21N3O2S. The Morgan fingerprint density at radius 2 is 2.11 bits per heavy atom. The summed E-state index contributed by atoms with van der Waals surface area (Å²) in [5, 5.41) is 2.91. The van der Waals surface area contributed by atoms with Gasteiger partial charge in [-0.15, -0.1) is 0 Å². The minimum atomic E-state index is -3.44. The molecule has 0 saturated carbocycles. The van der Waals surface area contributed by atoms with E-state index in [4.69, 9.17) is 0 Å². The lowest BCUT2D eigenvalue weighted by Crippen LogP contribution is -2.31. The summed E-state index contributed by atoms with van der Waals surface area (Å²) in [6.07, 6.45) is 1.05. The quantitative estimate of drug-likeness (QED) is 0.845. The highest BCUT2D eigenvalue weighted by molar-refractivity contribution is 7.89. The van der Waals surface area contributed by atoms with E-state index in [1.807, 2.05) is 6.07 Å². The maximum Gasteiger partial charge on any atom is 0.242 e. The molecule has 106 valence electrons. The van der Waals surface area contributed by atoms with Gasteiger partial charge < -0.3 is 10.2 Å². The zero-order valence-electron chi connectivity index (χ0n) is 11.4. The van der Waals surface area contributed by atoms with Crippen molar-refractivity contribution >= 4 is 15.7 Å². The molecule has 1 aliphatic rings. The monoisotopic (exact) mass is 283 g/mol. The molecule has 0 radical (unpaired) electrons. The first kappa shape index (κ1) is 14.3. The third-order valence-electron chi connectivity index (χ3n) is 3.50. The molecule has 1 unspecified atom stereocenters. The summed E-state index contributed by atoms with van der Waals surface area (Å²) < 4.78 is 27.3. The number of likely N-dealkylation sites (tertiary alicyclic amines) is 1. The Morgan fingerprint density at radius 1 is 1.37 bits per heavy atom. The SMILES string of the molecule is CNc1ccccc1S(=O)(=O)NCC1CCN(C)C1. The van der Waals surface area contributed by atoms with Gasteiger partial charge in [-0.3, -0.25) is 0 Å². The van der Waals surface area contributed by atoms with E-state index in [1.54, 1.807) is 25.2 Å². The van der Waals surface area contributed by atoms with Crippen molar-refractivity contribution in [3.63, 3.8) is 0 Å². The molecule has 0 aliphatic carbocycles. The summed E-state index contributed by atoms with van der Waals surface area (Å²) in [7, 11) is 0.344. The minimum Gasteiger partial charge on any atom is -0.387 e. The van der Waals surface area contributed by atoms with E-state index in [1.165, 1.54) is 0 Å². The molecule has 0 amide bonds. The summed E-state index contributed by atoms with van der Waals surface area (Å²) in [6.45, 7) is 2.50. The fourth-order valence-corrected chi connectivity index (χ4v) is 3.73. The van der Waals surface area contributed by atoms with Gasteiger partial charge in [-0.1, -0.05) is 12.1 Å². The molecule has 19 heavy (non-hydrogen) atoms. The zero-order chi connectivity index (χ0) is 13.9. The van der Waals surface area contributed by atoms with Crippen molar-refractivity contribution in [3.05, 3.63) is 24.3 Å². The van der Waals surface area contributed by atoms with Gasteiger partial charge in [0, 0.05) is 20.1 Å². The Bertz CT molecular complexity index is 530. The van der Waals surface area contributed by atoms with E-state index in [-0.39, 0.29) is 0 Å². The average molecular weight is 283 g/mol. The summed E-state index contributed by atoms with van der Waals surface area (Å²) in [6, 6.07) is 6.93. The van der Waals surface area contributed by atoms with Gasteiger partial charge in [-0.05, 0) is 38.1 Å². The number of hydrogen-bond donors (Lipinski definition) is 2. The van der Waals surface area contributed by atoms with E-state index in [0.717, 1.165) is 19.5 Å². The molecule has 1 heterocycles. The molecule has 0 aromatic heterocycles. The van der Waals surface area contributed by atoms with E-state index in [9.17, 15) is 8.42 Å². The molecule has 0 bridgehead atoms. The lowest BCUT2D eigenvalue weighted by Gasteiger charge is -2.14. The smallest absolute Gasteiger partial charge is 0.242 e. The maximum atomic E-state index is 12.3. The first-order valence-corrected chi connectivity index (χ1v) is 7.96. The van der Waals surface area contributed by atoms with Gasteiger partial charge in [-0.2, -0.15) is 0 Å². The number of hydrogen-bond acceptors (Lipinski definition) is 4. The van der Waals surface area contributed by atoms with Crippen LogP contribution in [-0.2, 0) is 10.0 Å². The zero-order valence-corrected chi connectivity index (χ0v) is 12.2. The van der Waals surface area contributed by atoms with Gasteiger partial charge >= 0.3 is 0 Å². The van der Waals surface area contributed by atoms with Crippen LogP contribution in [0.25, 0.3) is 0 Å². The first-order chi connectivity index (χ1) is 9.03. The van der Waals surface area contributed by atoms with E-state index in [0.29, 0.717) is 23.0 Å². The molecular weight excluding hydrogens is 262 g/mol. The fourth-order valence-electron chi connectivity index (χ4n) is 2.41. The molecule has 0 spiro atoms.